The largest absolute Gasteiger partial charge is 0.489 e. The Bertz CT molecular complexity index is 1020. The molecule has 2 heterocycles. The highest BCUT2D eigenvalue weighted by molar-refractivity contribution is 9.10. The molecule has 1 aromatic carbocycles. The van der Waals surface area contributed by atoms with Crippen molar-refractivity contribution in [1.82, 2.24) is 14.6 Å². The van der Waals surface area contributed by atoms with Crippen LogP contribution in [0.4, 0.5) is 0 Å². The zero-order valence-electron chi connectivity index (χ0n) is 15.7. The summed E-state index contributed by atoms with van der Waals surface area (Å²) in [4.78, 5) is 16.0. The molecule has 144 valence electrons. The Morgan fingerprint density at radius 1 is 1.25 bits per heavy atom. The Labute approximate surface area is 172 Å². The van der Waals surface area contributed by atoms with E-state index >= 15 is 0 Å². The summed E-state index contributed by atoms with van der Waals surface area (Å²) in [6, 6.07) is 11.5. The van der Waals surface area contributed by atoms with Gasteiger partial charge in [0.2, 0.25) is 4.73 Å². The number of carbonyl (C=O) groups excluding carboxylic acids is 1. The molecular weight excluding hydrogens is 422 g/mol. The average molecular weight is 442 g/mol. The van der Waals surface area contributed by atoms with E-state index in [1.54, 1.807) is 18.4 Å². The first-order valence-corrected chi connectivity index (χ1v) is 9.69. The van der Waals surface area contributed by atoms with Crippen molar-refractivity contribution in [2.45, 2.75) is 32.8 Å². The van der Waals surface area contributed by atoms with Crippen LogP contribution in [0.2, 0.25) is 0 Å². The van der Waals surface area contributed by atoms with Crippen LogP contribution in [0.15, 0.2) is 47.3 Å². The summed E-state index contributed by atoms with van der Waals surface area (Å²) in [7, 11) is 0. The van der Waals surface area contributed by atoms with E-state index in [4.69, 9.17) is 9.47 Å². The maximum atomic E-state index is 11.8. The van der Waals surface area contributed by atoms with Gasteiger partial charge in [-0.1, -0.05) is 24.1 Å². The molecule has 0 fully saturated rings. The van der Waals surface area contributed by atoms with E-state index in [2.05, 4.69) is 37.9 Å². The van der Waals surface area contributed by atoms with Crippen LogP contribution in [0.25, 0.3) is 5.65 Å². The fourth-order valence-electron chi connectivity index (χ4n) is 2.76. The summed E-state index contributed by atoms with van der Waals surface area (Å²) in [5.74, 6) is 6.26. The van der Waals surface area contributed by atoms with Crippen molar-refractivity contribution in [3.8, 4) is 17.6 Å². The zero-order chi connectivity index (χ0) is 19.9. The average Bonchev–Trinajstić information content (AvgIpc) is 3.06. The van der Waals surface area contributed by atoms with E-state index in [0.29, 0.717) is 17.9 Å². The number of nitrogens with zero attached hydrogens (tertiary/aromatic N) is 3. The fraction of sp³-hybridized carbons (Fsp3) is 0.286. The van der Waals surface area contributed by atoms with Crippen LogP contribution >= 0.6 is 15.9 Å². The van der Waals surface area contributed by atoms with Gasteiger partial charge < -0.3 is 9.47 Å². The summed E-state index contributed by atoms with van der Waals surface area (Å²) in [5, 5.41) is 4.23. The van der Waals surface area contributed by atoms with Gasteiger partial charge >= 0.3 is 5.97 Å². The summed E-state index contributed by atoms with van der Waals surface area (Å²) in [6.45, 7) is 4.34. The minimum absolute atomic E-state index is 0.189. The quantitative estimate of drug-likeness (QED) is 0.407. The van der Waals surface area contributed by atoms with E-state index in [0.717, 1.165) is 22.5 Å². The predicted molar refractivity (Wildman–Crippen MR) is 109 cm³/mol. The van der Waals surface area contributed by atoms with Gasteiger partial charge in [-0.3, -0.25) is 4.79 Å². The molecule has 7 heteroatoms. The van der Waals surface area contributed by atoms with Crippen LogP contribution in [-0.2, 0) is 16.1 Å². The summed E-state index contributed by atoms with van der Waals surface area (Å²) in [5.41, 5.74) is 2.71. The number of fused-ring (bicyclic) bond motifs is 1. The second-order valence-electron chi connectivity index (χ2n) is 6.03. The molecular formula is C21H20BrN3O3. The molecule has 0 aliphatic carbocycles. The van der Waals surface area contributed by atoms with Gasteiger partial charge in [-0.15, -0.1) is 11.0 Å². The Morgan fingerprint density at radius 3 is 2.75 bits per heavy atom. The molecule has 6 nitrogen and oxygen atoms in total. The Hall–Kier alpha value is -2.85. The monoisotopic (exact) mass is 441 g/mol. The molecule has 28 heavy (non-hydrogen) atoms. The first-order chi connectivity index (χ1) is 13.6. The molecule has 0 saturated carbocycles. The lowest BCUT2D eigenvalue weighted by Gasteiger charge is -2.12. The van der Waals surface area contributed by atoms with Crippen LogP contribution < -0.4 is 4.74 Å². The van der Waals surface area contributed by atoms with Crippen LogP contribution in [-0.4, -0.2) is 27.2 Å². The number of hydrogen-bond acceptors (Lipinski definition) is 5. The standard InChI is InChI=1S/C21H20BrN3O3/c1-3-5-17(12-20(26)27-4-2)16-7-9-18(10-8-16)28-14-15-6-11-19-23-21(22)24-25(19)13-15/h6-11,13,17H,4,12,14H2,1-2H3. The minimum Gasteiger partial charge on any atom is -0.489 e. The molecule has 0 amide bonds. The van der Waals surface area contributed by atoms with Crippen LogP contribution in [0.3, 0.4) is 0 Å². The molecule has 2 aromatic heterocycles. The van der Waals surface area contributed by atoms with Gasteiger partial charge in [0.1, 0.15) is 12.4 Å². The lowest BCUT2D eigenvalue weighted by molar-refractivity contribution is -0.143. The van der Waals surface area contributed by atoms with E-state index in [1.807, 2.05) is 42.6 Å². The molecule has 0 N–H and O–H groups in total. The molecule has 0 radical (unpaired) electrons. The SMILES string of the molecule is CC#CC(CC(=O)OCC)c1ccc(OCc2ccc3nc(Br)nn3c2)cc1. The lowest BCUT2D eigenvalue weighted by Crippen LogP contribution is -2.09. The molecule has 0 saturated heterocycles. The Kier molecular flexibility index (Phi) is 6.66. The van der Waals surface area contributed by atoms with Crippen molar-refractivity contribution in [3.05, 3.63) is 58.5 Å². The third-order valence-electron chi connectivity index (χ3n) is 4.05. The van der Waals surface area contributed by atoms with Crippen LogP contribution in [0.1, 0.15) is 37.3 Å². The normalized spacial score (nSPS) is 11.5. The van der Waals surface area contributed by atoms with Gasteiger partial charge in [0.05, 0.1) is 18.9 Å². The summed E-state index contributed by atoms with van der Waals surface area (Å²) >= 11 is 3.26. The van der Waals surface area contributed by atoms with Crippen LogP contribution in [0.5, 0.6) is 5.75 Å². The topological polar surface area (TPSA) is 65.7 Å². The number of aromatic nitrogens is 3. The second kappa shape index (κ2) is 9.38. The number of carbonyl (C=O) groups is 1. The minimum atomic E-state index is -0.245. The Balaban J connectivity index is 1.65. The third kappa shape index (κ3) is 5.11. The maximum absolute atomic E-state index is 11.8. The van der Waals surface area contributed by atoms with E-state index in [1.165, 1.54) is 0 Å². The van der Waals surface area contributed by atoms with Crippen molar-refractivity contribution < 1.29 is 14.3 Å². The highest BCUT2D eigenvalue weighted by Gasteiger charge is 2.15. The number of benzene rings is 1. The molecule has 1 atom stereocenters. The fourth-order valence-corrected chi connectivity index (χ4v) is 3.11. The van der Waals surface area contributed by atoms with Crippen molar-refractivity contribution in [1.29, 1.82) is 0 Å². The van der Waals surface area contributed by atoms with Crippen LogP contribution in [0, 0.1) is 11.8 Å². The van der Waals surface area contributed by atoms with Gasteiger partial charge in [0, 0.05) is 11.8 Å². The second-order valence-corrected chi connectivity index (χ2v) is 6.74. The van der Waals surface area contributed by atoms with Crippen molar-refractivity contribution >= 4 is 27.5 Å². The third-order valence-corrected chi connectivity index (χ3v) is 4.38. The molecule has 0 aliphatic rings. The van der Waals surface area contributed by atoms with Gasteiger partial charge in [-0.25, -0.2) is 9.50 Å². The van der Waals surface area contributed by atoms with Gasteiger partial charge in [-0.05, 0) is 53.5 Å². The number of hydrogen-bond donors (Lipinski definition) is 0. The summed E-state index contributed by atoms with van der Waals surface area (Å²) < 4.78 is 13.2. The van der Waals surface area contributed by atoms with E-state index in [9.17, 15) is 4.79 Å². The number of pyridine rings is 1. The highest BCUT2D eigenvalue weighted by Crippen LogP contribution is 2.23. The first-order valence-electron chi connectivity index (χ1n) is 8.90. The van der Waals surface area contributed by atoms with E-state index in [-0.39, 0.29) is 18.3 Å². The molecule has 0 aliphatic heterocycles. The predicted octanol–water partition coefficient (Wildman–Crippen LogP) is 4.13. The number of halogens is 1. The Morgan fingerprint density at radius 2 is 2.04 bits per heavy atom. The first kappa shape index (κ1) is 19.9. The smallest absolute Gasteiger partial charge is 0.307 e. The molecule has 3 rings (SSSR count). The number of rotatable bonds is 7. The van der Waals surface area contributed by atoms with Gasteiger partial charge in [-0.2, -0.15) is 0 Å². The van der Waals surface area contributed by atoms with Gasteiger partial charge in [0.15, 0.2) is 5.65 Å². The van der Waals surface area contributed by atoms with Crippen molar-refractivity contribution in [2.24, 2.45) is 0 Å². The van der Waals surface area contributed by atoms with Crippen molar-refractivity contribution in [2.75, 3.05) is 6.61 Å². The molecule has 0 spiro atoms. The maximum Gasteiger partial charge on any atom is 0.307 e. The van der Waals surface area contributed by atoms with E-state index < -0.39 is 0 Å². The molecule has 3 aromatic rings. The lowest BCUT2D eigenvalue weighted by atomic mass is 9.96. The number of esters is 1. The highest BCUT2D eigenvalue weighted by atomic mass is 79.9. The summed E-state index contributed by atoms with van der Waals surface area (Å²) in [6.07, 6.45) is 2.12. The van der Waals surface area contributed by atoms with Gasteiger partial charge in [0.25, 0.3) is 0 Å². The van der Waals surface area contributed by atoms with Crippen molar-refractivity contribution in [3.63, 3.8) is 0 Å². The molecule has 1 unspecified atom stereocenters. The zero-order valence-corrected chi connectivity index (χ0v) is 17.3. The molecule has 0 bridgehead atoms. The number of ether oxygens (including phenoxy) is 2.